The third-order valence-electron chi connectivity index (χ3n) is 3.61. The van der Waals surface area contributed by atoms with E-state index in [9.17, 15) is 13.6 Å². The molecule has 0 saturated carbocycles. The fourth-order valence-electron chi connectivity index (χ4n) is 2.57. The fourth-order valence-corrected chi connectivity index (χ4v) is 3.03. The second kappa shape index (κ2) is 8.51. The van der Waals surface area contributed by atoms with Gasteiger partial charge in [-0.2, -0.15) is 5.10 Å². The Morgan fingerprint density at radius 2 is 1.88 bits per heavy atom. The van der Waals surface area contributed by atoms with E-state index in [1.807, 2.05) is 51.0 Å². The van der Waals surface area contributed by atoms with Crippen LogP contribution in [0.2, 0.25) is 0 Å². The van der Waals surface area contributed by atoms with Crippen molar-refractivity contribution in [2.75, 3.05) is 14.1 Å². The van der Waals surface area contributed by atoms with Crippen molar-refractivity contribution in [3.63, 3.8) is 0 Å². The number of aromatic nitrogens is 2. The van der Waals surface area contributed by atoms with E-state index in [4.69, 9.17) is 0 Å². The summed E-state index contributed by atoms with van der Waals surface area (Å²) >= 11 is -2.11. The van der Waals surface area contributed by atoms with Crippen molar-refractivity contribution in [1.29, 1.82) is 0 Å². The van der Waals surface area contributed by atoms with E-state index in [1.165, 1.54) is 4.68 Å². The predicted octanol–water partition coefficient (Wildman–Crippen LogP) is 2.01. The second-order valence-corrected chi connectivity index (χ2v) is 7.71. The molecule has 1 aromatic carbocycles. The molecule has 0 saturated heterocycles. The van der Waals surface area contributed by atoms with Crippen LogP contribution >= 0.6 is 0 Å². The van der Waals surface area contributed by atoms with Crippen molar-refractivity contribution in [2.24, 2.45) is 5.92 Å². The van der Waals surface area contributed by atoms with Crippen LogP contribution in [0.4, 0.5) is 0 Å². The lowest BCUT2D eigenvalue weighted by molar-refractivity contribution is 0.392. The molecule has 1 aromatic heterocycles. The number of benzene rings is 1. The van der Waals surface area contributed by atoms with Gasteiger partial charge in [-0.05, 0) is 31.6 Å². The molecule has 0 aliphatic carbocycles. The lowest BCUT2D eigenvalue weighted by atomic mass is 10.1. The molecule has 0 spiro atoms. The molecule has 0 amide bonds. The molecular formula is C18H24N3O3S-. The Hall–Kier alpha value is -1.83. The van der Waals surface area contributed by atoms with E-state index in [0.29, 0.717) is 30.3 Å². The quantitative estimate of drug-likeness (QED) is 0.704. The first kappa shape index (κ1) is 19.5. The molecule has 1 heterocycles. The number of rotatable bonds is 7. The van der Waals surface area contributed by atoms with E-state index >= 15 is 0 Å². The Balaban J connectivity index is 2.45. The van der Waals surface area contributed by atoms with Gasteiger partial charge in [-0.15, -0.1) is 0 Å². The zero-order valence-corrected chi connectivity index (χ0v) is 15.9. The highest BCUT2D eigenvalue weighted by atomic mass is 32.2. The van der Waals surface area contributed by atoms with Crippen LogP contribution < -0.4 is 5.56 Å². The highest BCUT2D eigenvalue weighted by molar-refractivity contribution is 7.78. The van der Waals surface area contributed by atoms with Crippen molar-refractivity contribution in [1.82, 2.24) is 14.7 Å². The van der Waals surface area contributed by atoms with Crippen molar-refractivity contribution >= 4 is 11.1 Å². The topological polar surface area (TPSA) is 78.3 Å². The zero-order valence-electron chi connectivity index (χ0n) is 15.1. The number of nitrogens with zero attached hydrogens (tertiary/aromatic N) is 3. The number of hydrogen-bond donors (Lipinski definition) is 0. The summed E-state index contributed by atoms with van der Waals surface area (Å²) in [6.07, 6.45) is 0. The summed E-state index contributed by atoms with van der Waals surface area (Å²) in [6, 6.07) is 9.05. The minimum atomic E-state index is -2.11. The largest absolute Gasteiger partial charge is 0.772 e. The van der Waals surface area contributed by atoms with Gasteiger partial charge in [-0.1, -0.05) is 49.2 Å². The average Bonchev–Trinajstić information content (AvgIpc) is 2.50. The van der Waals surface area contributed by atoms with Gasteiger partial charge in [0.2, 0.25) is 0 Å². The summed E-state index contributed by atoms with van der Waals surface area (Å²) in [7, 11) is 3.84. The van der Waals surface area contributed by atoms with Gasteiger partial charge in [0, 0.05) is 30.0 Å². The molecule has 0 aliphatic rings. The Kier molecular flexibility index (Phi) is 6.64. The molecule has 136 valence electrons. The van der Waals surface area contributed by atoms with Crippen LogP contribution in [0.15, 0.2) is 35.1 Å². The molecule has 1 atom stereocenters. The average molecular weight is 362 g/mol. The summed E-state index contributed by atoms with van der Waals surface area (Å²) in [5, 5.41) is 4.51. The van der Waals surface area contributed by atoms with Gasteiger partial charge in [0.15, 0.2) is 0 Å². The highest BCUT2D eigenvalue weighted by Gasteiger charge is 2.12. The zero-order chi connectivity index (χ0) is 18.6. The van der Waals surface area contributed by atoms with Crippen molar-refractivity contribution in [2.45, 2.75) is 32.7 Å². The molecule has 0 bridgehead atoms. The van der Waals surface area contributed by atoms with E-state index in [0.717, 1.165) is 11.1 Å². The van der Waals surface area contributed by atoms with Gasteiger partial charge in [0.25, 0.3) is 5.56 Å². The normalized spacial score (nSPS) is 12.8. The lowest BCUT2D eigenvalue weighted by Crippen LogP contribution is -2.30. The van der Waals surface area contributed by atoms with Crippen LogP contribution in [0.1, 0.15) is 25.0 Å². The van der Waals surface area contributed by atoms with E-state index in [1.54, 1.807) is 12.1 Å². The minimum Gasteiger partial charge on any atom is -0.772 e. The van der Waals surface area contributed by atoms with Crippen molar-refractivity contribution < 1.29 is 8.76 Å². The molecular weight excluding hydrogens is 338 g/mol. The Morgan fingerprint density at radius 3 is 2.40 bits per heavy atom. The van der Waals surface area contributed by atoms with Gasteiger partial charge in [0.1, 0.15) is 0 Å². The monoisotopic (exact) mass is 362 g/mol. The molecule has 2 rings (SSSR count). The van der Waals surface area contributed by atoms with E-state index < -0.39 is 11.1 Å². The minimum absolute atomic E-state index is 0.00750. The van der Waals surface area contributed by atoms with Crippen molar-refractivity contribution in [3.05, 3.63) is 51.8 Å². The highest BCUT2D eigenvalue weighted by Crippen LogP contribution is 2.18. The molecule has 7 heteroatoms. The first-order valence-corrected chi connectivity index (χ1v) is 9.41. The summed E-state index contributed by atoms with van der Waals surface area (Å²) in [4.78, 5) is 14.6. The van der Waals surface area contributed by atoms with Gasteiger partial charge < -0.3 is 9.45 Å². The molecule has 6 nitrogen and oxygen atoms in total. The maximum atomic E-state index is 12.6. The maximum absolute atomic E-state index is 12.6. The van der Waals surface area contributed by atoms with Gasteiger partial charge in [-0.3, -0.25) is 9.00 Å². The molecule has 2 aromatic rings. The SMILES string of the molecule is CC(C)Cn1nc(-c2ccc(CS(=O)[O-])cc2)cc(CN(C)C)c1=O. The van der Waals surface area contributed by atoms with Gasteiger partial charge in [-0.25, -0.2) is 4.68 Å². The Labute approximate surface area is 150 Å². The third kappa shape index (κ3) is 5.59. The third-order valence-corrected chi connectivity index (χ3v) is 4.18. The molecule has 1 unspecified atom stereocenters. The first-order valence-electron chi connectivity index (χ1n) is 8.17. The molecule has 0 aliphatic heterocycles. The second-order valence-electron chi connectivity index (χ2n) is 6.82. The van der Waals surface area contributed by atoms with E-state index in [2.05, 4.69) is 5.10 Å². The predicted molar refractivity (Wildman–Crippen MR) is 98.8 cm³/mol. The fraction of sp³-hybridized carbons (Fsp3) is 0.444. The Morgan fingerprint density at radius 1 is 1.24 bits per heavy atom. The standard InChI is InChI=1S/C18H25N3O3S/c1-13(2)10-21-18(22)16(11-20(3)4)9-17(19-21)15-7-5-14(6-8-15)12-25(23)24/h5-9,13H,10-12H2,1-4H3,(H,23,24)/p-1. The summed E-state index contributed by atoms with van der Waals surface area (Å²) in [5.41, 5.74) is 2.93. The lowest BCUT2D eigenvalue weighted by Gasteiger charge is -2.15. The molecule has 0 radical (unpaired) electrons. The molecule has 25 heavy (non-hydrogen) atoms. The van der Waals surface area contributed by atoms with Gasteiger partial charge >= 0.3 is 0 Å². The van der Waals surface area contributed by atoms with Crippen LogP contribution in [0.3, 0.4) is 0 Å². The molecule has 0 fully saturated rings. The number of hydrogen-bond acceptors (Lipinski definition) is 5. The van der Waals surface area contributed by atoms with Crippen molar-refractivity contribution in [3.8, 4) is 11.3 Å². The van der Waals surface area contributed by atoms with Crippen LogP contribution in [-0.2, 0) is 29.9 Å². The first-order chi connectivity index (χ1) is 11.8. The smallest absolute Gasteiger partial charge is 0.271 e. The maximum Gasteiger partial charge on any atom is 0.271 e. The van der Waals surface area contributed by atoms with E-state index in [-0.39, 0.29) is 11.3 Å². The molecule has 0 N–H and O–H groups in total. The summed E-state index contributed by atoms with van der Waals surface area (Å²) in [6.45, 7) is 5.19. The summed E-state index contributed by atoms with van der Waals surface area (Å²) < 4.78 is 23.1. The summed E-state index contributed by atoms with van der Waals surface area (Å²) in [5.74, 6) is 0.300. The van der Waals surface area contributed by atoms with Crippen LogP contribution in [0.25, 0.3) is 11.3 Å². The van der Waals surface area contributed by atoms with Crippen LogP contribution in [0.5, 0.6) is 0 Å². The van der Waals surface area contributed by atoms with Crippen LogP contribution in [-0.4, -0.2) is 37.5 Å². The Bertz CT molecular complexity index is 764. The van der Waals surface area contributed by atoms with Gasteiger partial charge in [0.05, 0.1) is 5.69 Å². The van der Waals surface area contributed by atoms with Crippen LogP contribution in [0, 0.1) is 5.92 Å².